The van der Waals surface area contributed by atoms with Gasteiger partial charge in [0.05, 0.1) is 18.1 Å². The van der Waals surface area contributed by atoms with Crippen molar-refractivity contribution in [2.45, 2.75) is 38.5 Å². The predicted molar refractivity (Wildman–Crippen MR) is 82.4 cm³/mol. The quantitative estimate of drug-likeness (QED) is 0.919. The van der Waals surface area contributed by atoms with E-state index in [0.29, 0.717) is 18.7 Å². The molecule has 0 radical (unpaired) electrons. The molecule has 0 spiro atoms. The number of hydrogen-bond acceptors (Lipinski definition) is 3. The van der Waals surface area contributed by atoms with Crippen LogP contribution in [-0.2, 0) is 9.53 Å². The number of nitrogens with zero attached hydrogens (tertiary/aromatic N) is 1. The molecule has 0 bridgehead atoms. The van der Waals surface area contributed by atoms with E-state index in [2.05, 4.69) is 5.32 Å². The van der Waals surface area contributed by atoms with Crippen LogP contribution in [0.1, 0.15) is 30.6 Å². The Labute approximate surface area is 130 Å². The van der Waals surface area contributed by atoms with Crippen LogP contribution in [0.4, 0.5) is 0 Å². The first-order valence-electron chi connectivity index (χ1n) is 7.86. The SMILES string of the molecule is CC(C)NC(=O)[C@@H]1CN(C(=O)c2ccccc2)[C@H]2CCO[C@H]12. The molecule has 118 valence electrons. The van der Waals surface area contributed by atoms with E-state index in [1.807, 2.05) is 49.1 Å². The highest BCUT2D eigenvalue weighted by Crippen LogP contribution is 2.34. The van der Waals surface area contributed by atoms with Crippen LogP contribution in [0.2, 0.25) is 0 Å². The first kappa shape index (κ1) is 15.0. The van der Waals surface area contributed by atoms with Crippen LogP contribution in [0.5, 0.6) is 0 Å². The van der Waals surface area contributed by atoms with Gasteiger partial charge >= 0.3 is 0 Å². The lowest BCUT2D eigenvalue weighted by molar-refractivity contribution is -0.128. The van der Waals surface area contributed by atoms with Crippen molar-refractivity contribution in [3.8, 4) is 0 Å². The average molecular weight is 302 g/mol. The van der Waals surface area contributed by atoms with Crippen molar-refractivity contribution < 1.29 is 14.3 Å². The van der Waals surface area contributed by atoms with E-state index in [1.54, 1.807) is 0 Å². The fourth-order valence-corrected chi connectivity index (χ4v) is 3.37. The highest BCUT2D eigenvalue weighted by molar-refractivity contribution is 5.95. The maximum Gasteiger partial charge on any atom is 0.254 e. The number of ether oxygens (including phenoxy) is 1. The lowest BCUT2D eigenvalue weighted by Crippen LogP contribution is -2.41. The second-order valence-corrected chi connectivity index (χ2v) is 6.28. The van der Waals surface area contributed by atoms with E-state index in [-0.39, 0.29) is 35.9 Å². The molecule has 2 aliphatic heterocycles. The summed E-state index contributed by atoms with van der Waals surface area (Å²) in [6.07, 6.45) is 0.626. The smallest absolute Gasteiger partial charge is 0.254 e. The van der Waals surface area contributed by atoms with Gasteiger partial charge in [-0.25, -0.2) is 0 Å². The molecule has 1 N–H and O–H groups in total. The second kappa shape index (κ2) is 6.08. The molecule has 3 atom stereocenters. The Morgan fingerprint density at radius 3 is 2.68 bits per heavy atom. The van der Waals surface area contributed by atoms with Crippen molar-refractivity contribution in [1.29, 1.82) is 0 Å². The molecular formula is C17H22N2O3. The normalized spacial score (nSPS) is 27.0. The van der Waals surface area contributed by atoms with Crippen LogP contribution < -0.4 is 5.32 Å². The van der Waals surface area contributed by atoms with Gasteiger partial charge in [-0.05, 0) is 32.4 Å². The van der Waals surface area contributed by atoms with Crippen molar-refractivity contribution in [3.05, 3.63) is 35.9 Å². The molecule has 2 aliphatic rings. The summed E-state index contributed by atoms with van der Waals surface area (Å²) in [6, 6.07) is 9.33. The number of carbonyl (C=O) groups is 2. The summed E-state index contributed by atoms with van der Waals surface area (Å²) in [5.74, 6) is -0.307. The summed E-state index contributed by atoms with van der Waals surface area (Å²) in [4.78, 5) is 26.9. The summed E-state index contributed by atoms with van der Waals surface area (Å²) in [6.45, 7) is 4.92. The number of fused-ring (bicyclic) bond motifs is 1. The van der Waals surface area contributed by atoms with Gasteiger partial charge in [0, 0.05) is 24.8 Å². The van der Waals surface area contributed by atoms with E-state index < -0.39 is 0 Å². The fraction of sp³-hybridized carbons (Fsp3) is 0.529. The molecule has 2 saturated heterocycles. The van der Waals surface area contributed by atoms with Crippen molar-refractivity contribution in [1.82, 2.24) is 10.2 Å². The zero-order valence-corrected chi connectivity index (χ0v) is 13.0. The van der Waals surface area contributed by atoms with Gasteiger partial charge < -0.3 is 15.0 Å². The van der Waals surface area contributed by atoms with Gasteiger partial charge in [0.25, 0.3) is 5.91 Å². The molecule has 22 heavy (non-hydrogen) atoms. The maximum atomic E-state index is 12.7. The minimum Gasteiger partial charge on any atom is -0.375 e. The lowest BCUT2D eigenvalue weighted by atomic mass is 10.0. The minimum atomic E-state index is -0.275. The van der Waals surface area contributed by atoms with Crippen LogP contribution in [-0.4, -0.2) is 48.1 Å². The Bertz CT molecular complexity index is 558. The van der Waals surface area contributed by atoms with Crippen LogP contribution >= 0.6 is 0 Å². The van der Waals surface area contributed by atoms with Crippen molar-refractivity contribution in [2.75, 3.05) is 13.2 Å². The van der Waals surface area contributed by atoms with Gasteiger partial charge in [-0.1, -0.05) is 18.2 Å². The zero-order valence-electron chi connectivity index (χ0n) is 13.0. The molecular weight excluding hydrogens is 280 g/mol. The van der Waals surface area contributed by atoms with Crippen LogP contribution in [0.3, 0.4) is 0 Å². The van der Waals surface area contributed by atoms with Crippen molar-refractivity contribution in [3.63, 3.8) is 0 Å². The Morgan fingerprint density at radius 1 is 1.27 bits per heavy atom. The number of hydrogen-bond donors (Lipinski definition) is 1. The molecule has 1 aromatic rings. The molecule has 0 aromatic heterocycles. The number of carbonyl (C=O) groups excluding carboxylic acids is 2. The van der Waals surface area contributed by atoms with E-state index >= 15 is 0 Å². The van der Waals surface area contributed by atoms with Crippen LogP contribution in [0, 0.1) is 5.92 Å². The average Bonchev–Trinajstić information content (AvgIpc) is 3.08. The van der Waals surface area contributed by atoms with Crippen molar-refractivity contribution >= 4 is 11.8 Å². The highest BCUT2D eigenvalue weighted by atomic mass is 16.5. The summed E-state index contributed by atoms with van der Waals surface area (Å²) in [5, 5.41) is 2.94. The number of likely N-dealkylation sites (tertiary alicyclic amines) is 1. The molecule has 2 fully saturated rings. The van der Waals surface area contributed by atoms with Gasteiger partial charge in [-0.2, -0.15) is 0 Å². The third-order valence-electron chi connectivity index (χ3n) is 4.34. The maximum absolute atomic E-state index is 12.7. The van der Waals surface area contributed by atoms with Gasteiger partial charge in [0.1, 0.15) is 0 Å². The number of amides is 2. The van der Waals surface area contributed by atoms with Crippen molar-refractivity contribution in [2.24, 2.45) is 5.92 Å². The standard InChI is InChI=1S/C17H22N2O3/c1-11(2)18-16(20)13-10-19(14-8-9-22-15(13)14)17(21)12-6-4-3-5-7-12/h3-7,11,13-15H,8-10H2,1-2H3,(H,18,20)/t13-,14+,15-/m1/s1. The van der Waals surface area contributed by atoms with Crippen LogP contribution in [0.25, 0.3) is 0 Å². The Balaban J connectivity index is 1.79. The molecule has 1 aromatic carbocycles. The lowest BCUT2D eigenvalue weighted by Gasteiger charge is -2.22. The molecule has 5 heteroatoms. The predicted octanol–water partition coefficient (Wildman–Crippen LogP) is 1.44. The third-order valence-corrected chi connectivity index (χ3v) is 4.34. The topological polar surface area (TPSA) is 58.6 Å². The largest absolute Gasteiger partial charge is 0.375 e. The Hall–Kier alpha value is -1.88. The highest BCUT2D eigenvalue weighted by Gasteiger charge is 2.50. The van der Waals surface area contributed by atoms with E-state index in [9.17, 15) is 9.59 Å². The minimum absolute atomic E-state index is 0.00983. The molecule has 3 rings (SSSR count). The van der Waals surface area contributed by atoms with Crippen LogP contribution in [0.15, 0.2) is 30.3 Å². The van der Waals surface area contributed by atoms with Gasteiger partial charge in [-0.15, -0.1) is 0 Å². The number of nitrogens with one attached hydrogen (secondary N) is 1. The molecule has 0 aliphatic carbocycles. The monoisotopic (exact) mass is 302 g/mol. The fourth-order valence-electron chi connectivity index (χ4n) is 3.37. The molecule has 0 unspecified atom stereocenters. The first-order valence-corrected chi connectivity index (χ1v) is 7.86. The second-order valence-electron chi connectivity index (χ2n) is 6.28. The van der Waals surface area contributed by atoms with Gasteiger partial charge in [0.15, 0.2) is 0 Å². The third kappa shape index (κ3) is 2.73. The summed E-state index contributed by atoms with van der Waals surface area (Å²) in [5.41, 5.74) is 0.665. The van der Waals surface area contributed by atoms with E-state index in [0.717, 1.165) is 6.42 Å². The molecule has 2 heterocycles. The molecule has 0 saturated carbocycles. The first-order chi connectivity index (χ1) is 10.6. The summed E-state index contributed by atoms with van der Waals surface area (Å²) >= 11 is 0. The van der Waals surface area contributed by atoms with Gasteiger partial charge in [-0.3, -0.25) is 9.59 Å². The Morgan fingerprint density at radius 2 is 2.00 bits per heavy atom. The summed E-state index contributed by atoms with van der Waals surface area (Å²) in [7, 11) is 0. The van der Waals surface area contributed by atoms with E-state index in [4.69, 9.17) is 4.74 Å². The van der Waals surface area contributed by atoms with E-state index in [1.165, 1.54) is 0 Å². The summed E-state index contributed by atoms with van der Waals surface area (Å²) < 4.78 is 5.75. The number of rotatable bonds is 3. The van der Waals surface area contributed by atoms with Gasteiger partial charge in [0.2, 0.25) is 5.91 Å². The molecule has 5 nitrogen and oxygen atoms in total. The zero-order chi connectivity index (χ0) is 15.7. The Kier molecular flexibility index (Phi) is 4.16. The molecule has 2 amide bonds. The number of benzene rings is 1.